The van der Waals surface area contributed by atoms with E-state index in [0.29, 0.717) is 30.7 Å². The van der Waals surface area contributed by atoms with Gasteiger partial charge in [-0.1, -0.05) is 6.07 Å². The molecule has 1 aliphatic rings. The van der Waals surface area contributed by atoms with Crippen molar-refractivity contribution in [3.05, 3.63) is 29.0 Å². The molecule has 0 spiro atoms. The summed E-state index contributed by atoms with van der Waals surface area (Å²) in [4.78, 5) is 19.8. The van der Waals surface area contributed by atoms with Crippen molar-refractivity contribution in [1.29, 1.82) is 0 Å². The van der Waals surface area contributed by atoms with Crippen molar-refractivity contribution in [3.63, 3.8) is 0 Å². The second-order valence-corrected chi connectivity index (χ2v) is 7.08. The molecule has 5 nitrogen and oxygen atoms in total. The highest BCUT2D eigenvalue weighted by Crippen LogP contribution is 2.27. The van der Waals surface area contributed by atoms with Crippen molar-refractivity contribution in [2.45, 2.75) is 39.2 Å². The average molecular weight is 334 g/mol. The Morgan fingerprint density at radius 2 is 2.26 bits per heavy atom. The molecule has 0 aliphatic carbocycles. The summed E-state index contributed by atoms with van der Waals surface area (Å²) in [7, 11) is 0. The van der Waals surface area contributed by atoms with Gasteiger partial charge in [0.1, 0.15) is 5.76 Å². The van der Waals surface area contributed by atoms with E-state index in [1.807, 2.05) is 36.3 Å². The lowest BCUT2D eigenvalue weighted by molar-refractivity contribution is -0.132. The summed E-state index contributed by atoms with van der Waals surface area (Å²) in [5.74, 6) is 1.69. The van der Waals surface area contributed by atoms with E-state index in [9.17, 15) is 9.90 Å². The number of likely N-dealkylation sites (tertiary alicyclic amines) is 1. The predicted octanol–water partition coefficient (Wildman–Crippen LogP) is 2.87. The molecule has 1 aliphatic heterocycles. The number of carbonyl (C=O) groups excluding carboxylic acids is 1. The number of thiophene rings is 1. The summed E-state index contributed by atoms with van der Waals surface area (Å²) in [5, 5.41) is 11.6. The first-order chi connectivity index (χ1) is 11.0. The third-order valence-electron chi connectivity index (χ3n) is 4.52. The van der Waals surface area contributed by atoms with E-state index in [1.165, 1.54) is 0 Å². The van der Waals surface area contributed by atoms with Crippen LogP contribution in [-0.4, -0.2) is 40.1 Å². The fourth-order valence-electron chi connectivity index (χ4n) is 2.98. The van der Waals surface area contributed by atoms with Crippen molar-refractivity contribution in [1.82, 2.24) is 9.88 Å². The second kappa shape index (κ2) is 6.84. The number of carbonyl (C=O) groups is 1. The Bertz CT molecular complexity index is 655. The van der Waals surface area contributed by atoms with E-state index in [4.69, 9.17) is 4.42 Å². The molecule has 0 saturated carbocycles. The molecule has 23 heavy (non-hydrogen) atoms. The van der Waals surface area contributed by atoms with Crippen LogP contribution in [0.25, 0.3) is 10.8 Å². The van der Waals surface area contributed by atoms with Crippen LogP contribution < -0.4 is 0 Å². The fourth-order valence-corrected chi connectivity index (χ4v) is 3.63. The summed E-state index contributed by atoms with van der Waals surface area (Å²) < 4.78 is 5.69. The first-order valence-corrected chi connectivity index (χ1v) is 8.88. The minimum Gasteiger partial charge on any atom is -0.440 e. The van der Waals surface area contributed by atoms with Gasteiger partial charge in [-0.3, -0.25) is 4.79 Å². The molecule has 1 saturated heterocycles. The zero-order chi connectivity index (χ0) is 16.4. The molecule has 1 unspecified atom stereocenters. The summed E-state index contributed by atoms with van der Waals surface area (Å²) in [6.07, 6.45) is 1.71. The molecule has 6 heteroatoms. The first-order valence-electron chi connectivity index (χ1n) is 8.00. The van der Waals surface area contributed by atoms with Gasteiger partial charge in [0.15, 0.2) is 0 Å². The Labute approximate surface area is 140 Å². The third-order valence-corrected chi connectivity index (χ3v) is 5.38. The molecular formula is C17H22N2O3S. The largest absolute Gasteiger partial charge is 0.440 e. The molecule has 124 valence electrons. The molecular weight excluding hydrogens is 312 g/mol. The average Bonchev–Trinajstić information content (AvgIpc) is 3.18. The number of oxazole rings is 1. The molecule has 2 aromatic heterocycles. The van der Waals surface area contributed by atoms with Crippen LogP contribution in [0.2, 0.25) is 0 Å². The highest BCUT2D eigenvalue weighted by Gasteiger charge is 2.26. The number of aryl methyl sites for hydroxylation is 1. The van der Waals surface area contributed by atoms with Crippen molar-refractivity contribution in [2.75, 3.05) is 13.1 Å². The topological polar surface area (TPSA) is 66.6 Å². The maximum Gasteiger partial charge on any atom is 0.236 e. The molecule has 1 amide bonds. The number of nitrogens with zero attached hydrogens (tertiary/aromatic N) is 2. The second-order valence-electron chi connectivity index (χ2n) is 6.13. The van der Waals surface area contributed by atoms with Crippen LogP contribution >= 0.6 is 11.3 Å². The zero-order valence-electron chi connectivity index (χ0n) is 13.5. The van der Waals surface area contributed by atoms with Crippen LogP contribution in [0, 0.1) is 12.8 Å². The lowest BCUT2D eigenvalue weighted by Gasteiger charge is -2.33. The molecule has 1 atom stereocenters. The summed E-state index contributed by atoms with van der Waals surface area (Å²) in [6.45, 7) is 5.10. The molecule has 3 heterocycles. The van der Waals surface area contributed by atoms with E-state index >= 15 is 0 Å². The minimum absolute atomic E-state index is 0.0863. The van der Waals surface area contributed by atoms with Gasteiger partial charge in [-0.15, -0.1) is 11.3 Å². The van der Waals surface area contributed by atoms with Crippen molar-refractivity contribution < 1.29 is 14.3 Å². The van der Waals surface area contributed by atoms with E-state index in [2.05, 4.69) is 4.98 Å². The number of aromatic nitrogens is 1. The van der Waals surface area contributed by atoms with Crippen LogP contribution in [0.15, 0.2) is 21.9 Å². The predicted molar refractivity (Wildman–Crippen MR) is 89.2 cm³/mol. The van der Waals surface area contributed by atoms with Crippen LogP contribution in [0.3, 0.4) is 0 Å². The number of hydrogen-bond donors (Lipinski definition) is 1. The highest BCUT2D eigenvalue weighted by molar-refractivity contribution is 7.13. The minimum atomic E-state index is -0.293. The van der Waals surface area contributed by atoms with Crippen LogP contribution in [0.5, 0.6) is 0 Å². The molecule has 1 N–H and O–H groups in total. The molecule has 2 aromatic rings. The van der Waals surface area contributed by atoms with Gasteiger partial charge < -0.3 is 14.4 Å². The lowest BCUT2D eigenvalue weighted by atomic mass is 9.92. The van der Waals surface area contributed by atoms with Crippen LogP contribution in [0.1, 0.15) is 31.2 Å². The Hall–Kier alpha value is -1.66. The smallest absolute Gasteiger partial charge is 0.236 e. The van der Waals surface area contributed by atoms with Gasteiger partial charge >= 0.3 is 0 Å². The van der Waals surface area contributed by atoms with Gasteiger partial charge in [0.25, 0.3) is 0 Å². The van der Waals surface area contributed by atoms with Gasteiger partial charge in [0, 0.05) is 13.1 Å². The SMILES string of the molecule is Cc1oc(-c2cccs2)nc1CC(=O)N1CCC(C(C)O)CC1. The Morgan fingerprint density at radius 1 is 1.52 bits per heavy atom. The highest BCUT2D eigenvalue weighted by atomic mass is 32.1. The number of aliphatic hydroxyl groups is 1. The monoisotopic (exact) mass is 334 g/mol. The van der Waals surface area contributed by atoms with E-state index < -0.39 is 0 Å². The van der Waals surface area contributed by atoms with Gasteiger partial charge in [-0.2, -0.15) is 0 Å². The normalized spacial score (nSPS) is 17.4. The van der Waals surface area contributed by atoms with E-state index in [0.717, 1.165) is 23.4 Å². The third kappa shape index (κ3) is 3.64. The lowest BCUT2D eigenvalue weighted by Crippen LogP contribution is -2.41. The molecule has 0 aromatic carbocycles. The Kier molecular flexibility index (Phi) is 4.82. The standard InChI is InChI=1S/C17H22N2O3S/c1-11(20)13-5-7-19(8-6-13)16(21)10-14-12(2)22-17(18-14)15-4-3-9-23-15/h3-4,9,11,13,20H,5-8,10H2,1-2H3. The summed E-state index contributed by atoms with van der Waals surface area (Å²) in [5.41, 5.74) is 0.719. The van der Waals surface area contributed by atoms with Crippen molar-refractivity contribution >= 4 is 17.2 Å². The number of rotatable bonds is 4. The van der Waals surface area contributed by atoms with Crippen molar-refractivity contribution in [3.8, 4) is 10.8 Å². The maximum absolute atomic E-state index is 12.5. The van der Waals surface area contributed by atoms with E-state index in [-0.39, 0.29) is 18.4 Å². The Balaban J connectivity index is 1.62. The molecule has 1 fully saturated rings. The molecule has 0 bridgehead atoms. The van der Waals surface area contributed by atoms with Crippen molar-refractivity contribution in [2.24, 2.45) is 5.92 Å². The van der Waals surface area contributed by atoms with E-state index in [1.54, 1.807) is 11.3 Å². The maximum atomic E-state index is 12.5. The Morgan fingerprint density at radius 3 is 2.87 bits per heavy atom. The quantitative estimate of drug-likeness (QED) is 0.933. The van der Waals surface area contributed by atoms with Gasteiger partial charge in [0.2, 0.25) is 11.8 Å². The first kappa shape index (κ1) is 16.2. The zero-order valence-corrected chi connectivity index (χ0v) is 14.3. The number of amides is 1. The van der Waals surface area contributed by atoms with Gasteiger partial charge in [-0.25, -0.2) is 4.98 Å². The number of aliphatic hydroxyl groups excluding tert-OH is 1. The summed E-state index contributed by atoms with van der Waals surface area (Å²) >= 11 is 1.57. The molecule has 3 rings (SSSR count). The van der Waals surface area contributed by atoms with Gasteiger partial charge in [0.05, 0.1) is 23.1 Å². The van der Waals surface area contributed by atoms with Crippen LogP contribution in [0.4, 0.5) is 0 Å². The number of piperidine rings is 1. The fraction of sp³-hybridized carbons (Fsp3) is 0.529. The summed E-state index contributed by atoms with van der Waals surface area (Å²) in [6, 6.07) is 3.92. The van der Waals surface area contributed by atoms with Gasteiger partial charge in [-0.05, 0) is 44.1 Å². The molecule has 0 radical (unpaired) electrons. The number of hydrogen-bond acceptors (Lipinski definition) is 5. The van der Waals surface area contributed by atoms with Crippen LogP contribution in [-0.2, 0) is 11.2 Å².